The van der Waals surface area contributed by atoms with E-state index in [1.54, 1.807) is 9.80 Å². The fourth-order valence-corrected chi connectivity index (χ4v) is 9.18. The summed E-state index contributed by atoms with van der Waals surface area (Å²) in [7, 11) is 0. The Balaban J connectivity index is 1.12. The maximum Gasteiger partial charge on any atom is 0.275 e. The lowest BCUT2D eigenvalue weighted by Gasteiger charge is -2.60. The number of benzene rings is 2. The van der Waals surface area contributed by atoms with Crippen LogP contribution in [0.25, 0.3) is 0 Å². The number of anilines is 2. The fraction of sp³-hybridized carbons (Fsp3) is 0.444. The number of nitrogens with zero attached hydrogens (tertiary/aromatic N) is 2. The van der Waals surface area contributed by atoms with Gasteiger partial charge in [0.15, 0.2) is 0 Å². The third kappa shape index (κ3) is 4.25. The zero-order valence-electron chi connectivity index (χ0n) is 25.9. The predicted molar refractivity (Wildman–Crippen MR) is 168 cm³/mol. The zero-order valence-corrected chi connectivity index (χ0v) is 25.9. The van der Waals surface area contributed by atoms with Crippen LogP contribution in [0.5, 0.6) is 0 Å². The second-order valence-corrected chi connectivity index (χ2v) is 13.9. The average Bonchev–Trinajstić information content (AvgIpc) is 3.35. The van der Waals surface area contributed by atoms with Gasteiger partial charge in [-0.3, -0.25) is 19.2 Å². The van der Waals surface area contributed by atoms with Crippen LogP contribution in [-0.4, -0.2) is 35.7 Å². The van der Waals surface area contributed by atoms with Crippen LogP contribution in [0.3, 0.4) is 0 Å². The molecule has 2 heterocycles. The van der Waals surface area contributed by atoms with E-state index in [1.807, 2.05) is 88.4 Å². The van der Waals surface area contributed by atoms with Crippen molar-refractivity contribution in [3.05, 3.63) is 83.2 Å². The van der Waals surface area contributed by atoms with E-state index in [2.05, 4.69) is 10.6 Å². The van der Waals surface area contributed by atoms with Gasteiger partial charge in [0.05, 0.1) is 22.9 Å². The predicted octanol–water partition coefficient (Wildman–Crippen LogP) is 5.22. The molecule has 44 heavy (non-hydrogen) atoms. The Morgan fingerprint density at radius 2 is 1.02 bits per heavy atom. The molecule has 4 saturated carbocycles. The highest BCUT2D eigenvalue weighted by Gasteiger charge is 2.63. The SMILES string of the molecule is CC1=C(NC(=O)C23CC4CC(C2)CC(C(=O)NC2=C(C)C(C)N(c5ccccc5)C2=O)(C4)C3)C(=O)N(c2ccccc2)C1C. The van der Waals surface area contributed by atoms with Gasteiger partial charge in [-0.05, 0) is 113 Å². The molecule has 4 aliphatic carbocycles. The van der Waals surface area contributed by atoms with Gasteiger partial charge >= 0.3 is 0 Å². The normalized spacial score (nSPS) is 32.6. The summed E-state index contributed by atoms with van der Waals surface area (Å²) >= 11 is 0. The van der Waals surface area contributed by atoms with Crippen molar-refractivity contribution in [3.8, 4) is 0 Å². The molecule has 6 aliphatic rings. The van der Waals surface area contributed by atoms with E-state index in [0.29, 0.717) is 17.8 Å². The van der Waals surface area contributed by atoms with E-state index in [1.165, 1.54) is 0 Å². The fourth-order valence-electron chi connectivity index (χ4n) is 9.18. The van der Waals surface area contributed by atoms with Gasteiger partial charge in [0, 0.05) is 11.4 Å². The van der Waals surface area contributed by atoms with Crippen molar-refractivity contribution in [2.24, 2.45) is 22.7 Å². The van der Waals surface area contributed by atoms with Crippen molar-refractivity contribution in [1.29, 1.82) is 0 Å². The first kappa shape index (κ1) is 28.6. The lowest BCUT2D eigenvalue weighted by atomic mass is 9.43. The summed E-state index contributed by atoms with van der Waals surface area (Å²) < 4.78 is 0. The number of nitrogens with one attached hydrogen (secondary N) is 2. The van der Waals surface area contributed by atoms with Gasteiger partial charge in [-0.2, -0.15) is 0 Å². The maximum absolute atomic E-state index is 14.2. The van der Waals surface area contributed by atoms with Crippen molar-refractivity contribution in [2.75, 3.05) is 9.80 Å². The highest BCUT2D eigenvalue weighted by atomic mass is 16.2. The van der Waals surface area contributed by atoms with Gasteiger partial charge < -0.3 is 20.4 Å². The molecule has 4 amide bonds. The second-order valence-electron chi connectivity index (χ2n) is 13.9. The summed E-state index contributed by atoms with van der Waals surface area (Å²) in [6, 6.07) is 18.7. The molecular weight excluding hydrogens is 552 g/mol. The maximum atomic E-state index is 14.2. The molecule has 8 nitrogen and oxygen atoms in total. The second kappa shape index (κ2) is 10.2. The molecule has 0 aromatic heterocycles. The molecule has 0 radical (unpaired) electrons. The molecule has 2 aromatic rings. The Morgan fingerprint density at radius 3 is 1.39 bits per heavy atom. The van der Waals surface area contributed by atoms with Crippen LogP contribution < -0.4 is 20.4 Å². The molecule has 8 rings (SSSR count). The van der Waals surface area contributed by atoms with Crippen LogP contribution in [0.15, 0.2) is 83.2 Å². The molecule has 4 fully saturated rings. The summed E-state index contributed by atoms with van der Waals surface area (Å²) in [5.41, 5.74) is 2.54. The number of hydrogen-bond donors (Lipinski definition) is 2. The summed E-state index contributed by atoms with van der Waals surface area (Å²) in [5, 5.41) is 6.17. The van der Waals surface area contributed by atoms with E-state index in [-0.39, 0.29) is 47.5 Å². The minimum Gasteiger partial charge on any atom is -0.321 e. The van der Waals surface area contributed by atoms with Crippen LogP contribution in [-0.2, 0) is 19.2 Å². The molecule has 2 aliphatic heterocycles. The molecule has 2 unspecified atom stereocenters. The van der Waals surface area contributed by atoms with Gasteiger partial charge in [-0.15, -0.1) is 0 Å². The third-order valence-electron chi connectivity index (χ3n) is 11.3. The van der Waals surface area contributed by atoms with Crippen LogP contribution in [0.2, 0.25) is 0 Å². The van der Waals surface area contributed by atoms with Crippen LogP contribution in [0, 0.1) is 22.7 Å². The third-order valence-corrected chi connectivity index (χ3v) is 11.3. The minimum absolute atomic E-state index is 0.148. The van der Waals surface area contributed by atoms with E-state index >= 15 is 0 Å². The Kier molecular flexibility index (Phi) is 6.61. The van der Waals surface area contributed by atoms with Crippen molar-refractivity contribution < 1.29 is 19.2 Å². The van der Waals surface area contributed by atoms with Crippen molar-refractivity contribution in [1.82, 2.24) is 10.6 Å². The molecule has 2 N–H and O–H groups in total. The van der Waals surface area contributed by atoms with Gasteiger partial charge in [0.1, 0.15) is 11.4 Å². The number of para-hydroxylation sites is 2. The largest absolute Gasteiger partial charge is 0.321 e. The number of rotatable bonds is 6. The minimum atomic E-state index is -0.717. The number of carbonyl (C=O) groups is 4. The van der Waals surface area contributed by atoms with Crippen LogP contribution >= 0.6 is 0 Å². The first-order valence-electron chi connectivity index (χ1n) is 15.9. The van der Waals surface area contributed by atoms with Crippen LogP contribution in [0.4, 0.5) is 11.4 Å². The van der Waals surface area contributed by atoms with E-state index < -0.39 is 10.8 Å². The van der Waals surface area contributed by atoms with Gasteiger partial charge in [0.25, 0.3) is 11.8 Å². The summed E-state index contributed by atoms with van der Waals surface area (Å²) in [6.45, 7) is 7.77. The van der Waals surface area contributed by atoms with Crippen LogP contribution in [0.1, 0.15) is 66.2 Å². The number of amides is 4. The van der Waals surface area contributed by atoms with Crippen molar-refractivity contribution in [3.63, 3.8) is 0 Å². The monoisotopic (exact) mass is 592 g/mol. The average molecular weight is 593 g/mol. The summed E-state index contributed by atoms with van der Waals surface area (Å²) in [6.07, 6.45) is 4.35. The molecule has 8 heteroatoms. The molecular formula is C36H40N4O4. The topological polar surface area (TPSA) is 98.8 Å². The first-order valence-corrected chi connectivity index (χ1v) is 15.9. The smallest absolute Gasteiger partial charge is 0.275 e. The Morgan fingerprint density at radius 1 is 0.659 bits per heavy atom. The summed E-state index contributed by atoms with van der Waals surface area (Å²) in [5.74, 6) is -0.182. The summed E-state index contributed by atoms with van der Waals surface area (Å²) in [4.78, 5) is 59.2. The van der Waals surface area contributed by atoms with E-state index in [9.17, 15) is 19.2 Å². The highest BCUT2D eigenvalue weighted by molar-refractivity contribution is 6.13. The molecule has 228 valence electrons. The lowest BCUT2D eigenvalue weighted by molar-refractivity contribution is -0.166. The number of carbonyl (C=O) groups excluding carboxylic acids is 4. The van der Waals surface area contributed by atoms with Gasteiger partial charge in [-0.25, -0.2) is 0 Å². The van der Waals surface area contributed by atoms with Gasteiger partial charge in [0.2, 0.25) is 11.8 Å². The number of hydrogen-bond acceptors (Lipinski definition) is 4. The Labute approximate surface area is 258 Å². The van der Waals surface area contributed by atoms with E-state index in [4.69, 9.17) is 0 Å². The molecule has 2 aromatic carbocycles. The zero-order chi connectivity index (χ0) is 31.0. The quantitative estimate of drug-likeness (QED) is 0.480. The molecule has 2 atom stereocenters. The Hall–Kier alpha value is -4.20. The first-order chi connectivity index (χ1) is 21.0. The van der Waals surface area contributed by atoms with E-state index in [0.717, 1.165) is 54.6 Å². The van der Waals surface area contributed by atoms with Crippen molar-refractivity contribution in [2.45, 2.75) is 78.3 Å². The highest BCUT2D eigenvalue weighted by Crippen LogP contribution is 2.65. The molecule has 4 bridgehead atoms. The lowest BCUT2D eigenvalue weighted by Crippen LogP contribution is -2.61. The standard InChI is InChI=1S/C36H40N4O4/c1-21-23(3)39(27-11-7-5-8-12-27)31(41)29(21)37-33(43)35-16-25-15-26(17-35)19-36(18-25,20-35)34(44)38-30-22(2)24(4)40(32(30)42)28-13-9-6-10-14-28/h5-14,23-26H,15-20H2,1-4H3,(H,37,43)(H,38,44). The molecule has 0 saturated heterocycles. The molecule has 0 spiro atoms. The Bertz CT molecular complexity index is 1500. The van der Waals surface area contributed by atoms with Crippen molar-refractivity contribution >= 4 is 35.0 Å². The van der Waals surface area contributed by atoms with Gasteiger partial charge in [-0.1, -0.05) is 36.4 Å².